The molecule has 1 unspecified atom stereocenters. The van der Waals surface area contributed by atoms with Crippen LogP contribution in [0.25, 0.3) is 0 Å². The third-order valence-corrected chi connectivity index (χ3v) is 7.48. The van der Waals surface area contributed by atoms with Crippen LogP contribution in [0.3, 0.4) is 0 Å². The number of aromatic nitrogens is 1. The standard InChI is InChI=1S/C23H32N4O2S/c1-17(21-8-5-15-30-21)24-22(28)20-10-9-18(25-23(20)29)16-26-11-13-27(14-12-26)19-6-3-2-4-7-19/h5,8-10,15,17,19H,2-4,6-7,11-14,16H2,1H3,(H,24,28)(H,25,29). The molecule has 1 atom stereocenters. The molecule has 0 spiro atoms. The first-order valence-electron chi connectivity index (χ1n) is 11.1. The Hall–Kier alpha value is -1.96. The molecule has 162 valence electrons. The minimum absolute atomic E-state index is 0.114. The summed E-state index contributed by atoms with van der Waals surface area (Å²) in [5, 5.41) is 4.89. The van der Waals surface area contributed by atoms with Gasteiger partial charge in [0.25, 0.3) is 11.5 Å². The largest absolute Gasteiger partial charge is 0.345 e. The highest BCUT2D eigenvalue weighted by atomic mass is 32.1. The highest BCUT2D eigenvalue weighted by Gasteiger charge is 2.25. The van der Waals surface area contributed by atoms with E-state index in [0.717, 1.165) is 49.3 Å². The molecule has 0 aromatic carbocycles. The Morgan fingerprint density at radius 2 is 1.93 bits per heavy atom. The van der Waals surface area contributed by atoms with Crippen molar-refractivity contribution in [2.45, 2.75) is 57.7 Å². The first-order chi connectivity index (χ1) is 14.6. The van der Waals surface area contributed by atoms with Gasteiger partial charge in [-0.25, -0.2) is 0 Å². The van der Waals surface area contributed by atoms with E-state index in [1.165, 1.54) is 32.1 Å². The molecule has 4 rings (SSSR count). The lowest BCUT2D eigenvalue weighted by atomic mass is 9.94. The van der Waals surface area contributed by atoms with Crippen molar-refractivity contribution >= 4 is 17.2 Å². The number of thiophene rings is 1. The van der Waals surface area contributed by atoms with E-state index >= 15 is 0 Å². The van der Waals surface area contributed by atoms with Gasteiger partial charge in [0.2, 0.25) is 0 Å². The molecule has 0 bridgehead atoms. The van der Waals surface area contributed by atoms with Gasteiger partial charge in [-0.2, -0.15) is 0 Å². The maximum absolute atomic E-state index is 12.5. The van der Waals surface area contributed by atoms with Crippen molar-refractivity contribution in [2.24, 2.45) is 0 Å². The van der Waals surface area contributed by atoms with Gasteiger partial charge in [-0.1, -0.05) is 25.3 Å². The Bertz CT molecular complexity index is 881. The molecule has 2 aromatic heterocycles. The van der Waals surface area contributed by atoms with Crippen molar-refractivity contribution in [3.63, 3.8) is 0 Å². The van der Waals surface area contributed by atoms with Gasteiger partial charge in [-0.3, -0.25) is 19.4 Å². The van der Waals surface area contributed by atoms with Crippen molar-refractivity contribution in [2.75, 3.05) is 26.2 Å². The summed E-state index contributed by atoms with van der Waals surface area (Å²) >= 11 is 1.59. The first-order valence-corrected chi connectivity index (χ1v) is 12.0. The smallest absolute Gasteiger partial charge is 0.261 e. The number of carbonyl (C=O) groups is 1. The number of aromatic amines is 1. The van der Waals surface area contributed by atoms with Gasteiger partial charge < -0.3 is 10.3 Å². The maximum atomic E-state index is 12.5. The monoisotopic (exact) mass is 428 g/mol. The number of pyridine rings is 1. The number of piperazine rings is 1. The molecule has 6 nitrogen and oxygen atoms in total. The van der Waals surface area contributed by atoms with Crippen LogP contribution in [-0.2, 0) is 6.54 Å². The number of nitrogens with zero attached hydrogens (tertiary/aromatic N) is 2. The van der Waals surface area contributed by atoms with Crippen molar-refractivity contribution < 1.29 is 4.79 Å². The third kappa shape index (κ3) is 5.20. The van der Waals surface area contributed by atoms with E-state index in [0.29, 0.717) is 0 Å². The minimum atomic E-state index is -0.329. The molecule has 2 N–H and O–H groups in total. The highest BCUT2D eigenvalue weighted by Crippen LogP contribution is 2.23. The summed E-state index contributed by atoms with van der Waals surface area (Å²) in [6.45, 7) is 6.92. The Labute approximate surface area is 182 Å². The molecule has 2 aromatic rings. The molecule has 1 aliphatic carbocycles. The lowest BCUT2D eigenvalue weighted by Crippen LogP contribution is -2.50. The normalized spacial score (nSPS) is 20.2. The van der Waals surface area contributed by atoms with E-state index in [-0.39, 0.29) is 23.1 Å². The SMILES string of the molecule is CC(NC(=O)c1ccc(CN2CCN(C3CCCCC3)CC2)[nH]c1=O)c1cccs1. The Kier molecular flexibility index (Phi) is 7.02. The average Bonchev–Trinajstić information content (AvgIpc) is 3.30. The fraction of sp³-hybridized carbons (Fsp3) is 0.565. The van der Waals surface area contributed by atoms with Gasteiger partial charge in [0.05, 0.1) is 6.04 Å². The molecule has 1 saturated heterocycles. The lowest BCUT2D eigenvalue weighted by Gasteiger charge is -2.40. The Morgan fingerprint density at radius 1 is 1.17 bits per heavy atom. The maximum Gasteiger partial charge on any atom is 0.261 e. The molecule has 2 aliphatic rings. The fourth-order valence-corrected chi connectivity index (χ4v) is 5.38. The van der Waals surface area contributed by atoms with Crippen LogP contribution in [0.15, 0.2) is 34.4 Å². The van der Waals surface area contributed by atoms with E-state index in [1.54, 1.807) is 17.4 Å². The summed E-state index contributed by atoms with van der Waals surface area (Å²) in [6, 6.07) is 8.13. The number of hydrogen-bond acceptors (Lipinski definition) is 5. The predicted octanol–water partition coefficient (Wildman–Crippen LogP) is 3.38. The van der Waals surface area contributed by atoms with Crippen molar-refractivity contribution in [3.05, 3.63) is 56.1 Å². The summed E-state index contributed by atoms with van der Waals surface area (Å²) in [5.74, 6) is -0.329. The summed E-state index contributed by atoms with van der Waals surface area (Å²) in [7, 11) is 0. The highest BCUT2D eigenvalue weighted by molar-refractivity contribution is 7.10. The summed E-state index contributed by atoms with van der Waals surface area (Å²) in [4.78, 5) is 34.1. The number of nitrogens with one attached hydrogen (secondary N) is 2. The van der Waals surface area contributed by atoms with Crippen molar-refractivity contribution in [1.29, 1.82) is 0 Å². The minimum Gasteiger partial charge on any atom is -0.345 e. The van der Waals surface area contributed by atoms with Crippen LogP contribution in [0.1, 0.15) is 66.0 Å². The Morgan fingerprint density at radius 3 is 2.60 bits per heavy atom. The van der Waals surface area contributed by atoms with Crippen LogP contribution in [0.2, 0.25) is 0 Å². The van der Waals surface area contributed by atoms with Crippen LogP contribution in [-0.4, -0.2) is 52.9 Å². The zero-order valence-electron chi connectivity index (χ0n) is 17.7. The van der Waals surface area contributed by atoms with E-state index in [4.69, 9.17) is 0 Å². The van der Waals surface area contributed by atoms with Gasteiger partial charge in [0.1, 0.15) is 5.56 Å². The van der Waals surface area contributed by atoms with Crippen LogP contribution in [0.4, 0.5) is 0 Å². The van der Waals surface area contributed by atoms with Gasteiger partial charge in [-0.15, -0.1) is 11.3 Å². The zero-order chi connectivity index (χ0) is 20.9. The number of rotatable bonds is 6. The molecular weight excluding hydrogens is 396 g/mol. The van der Waals surface area contributed by atoms with E-state index in [2.05, 4.69) is 20.1 Å². The van der Waals surface area contributed by atoms with Crippen LogP contribution in [0.5, 0.6) is 0 Å². The van der Waals surface area contributed by atoms with Gasteiger partial charge in [-0.05, 0) is 43.3 Å². The summed E-state index contributed by atoms with van der Waals surface area (Å²) in [6.07, 6.45) is 6.84. The summed E-state index contributed by atoms with van der Waals surface area (Å²) in [5.41, 5.74) is 0.725. The van der Waals surface area contributed by atoms with Gasteiger partial charge in [0, 0.05) is 49.3 Å². The van der Waals surface area contributed by atoms with Crippen LogP contribution >= 0.6 is 11.3 Å². The van der Waals surface area contributed by atoms with Gasteiger partial charge >= 0.3 is 0 Å². The zero-order valence-corrected chi connectivity index (χ0v) is 18.5. The van der Waals surface area contributed by atoms with Crippen LogP contribution < -0.4 is 10.9 Å². The number of H-pyrrole nitrogens is 1. The number of hydrogen-bond donors (Lipinski definition) is 2. The lowest BCUT2D eigenvalue weighted by molar-refractivity contribution is 0.0749. The van der Waals surface area contributed by atoms with Crippen LogP contribution in [0, 0.1) is 0 Å². The molecule has 1 amide bonds. The fourth-order valence-electron chi connectivity index (χ4n) is 4.64. The van der Waals surface area contributed by atoms with Crippen molar-refractivity contribution in [1.82, 2.24) is 20.1 Å². The van der Waals surface area contributed by atoms with E-state index < -0.39 is 0 Å². The van der Waals surface area contributed by atoms with Crippen molar-refractivity contribution in [3.8, 4) is 0 Å². The number of carbonyl (C=O) groups excluding carboxylic acids is 1. The van der Waals surface area contributed by atoms with Gasteiger partial charge in [0.15, 0.2) is 0 Å². The Balaban J connectivity index is 1.30. The molecule has 7 heteroatoms. The molecule has 0 radical (unpaired) electrons. The molecule has 2 fully saturated rings. The second-order valence-corrected chi connectivity index (χ2v) is 9.52. The summed E-state index contributed by atoms with van der Waals surface area (Å²) < 4.78 is 0. The van der Waals surface area contributed by atoms with E-state index in [1.807, 2.05) is 30.5 Å². The quantitative estimate of drug-likeness (QED) is 0.740. The molecule has 1 saturated carbocycles. The first kappa shape index (κ1) is 21.3. The molecular formula is C23H32N4O2S. The number of amides is 1. The third-order valence-electron chi connectivity index (χ3n) is 6.42. The topological polar surface area (TPSA) is 68.4 Å². The predicted molar refractivity (Wildman–Crippen MR) is 121 cm³/mol. The second kappa shape index (κ2) is 9.90. The van der Waals surface area contributed by atoms with E-state index in [9.17, 15) is 9.59 Å². The average molecular weight is 429 g/mol. The molecule has 3 heterocycles. The molecule has 30 heavy (non-hydrogen) atoms. The second-order valence-electron chi connectivity index (χ2n) is 8.54. The molecule has 1 aliphatic heterocycles.